The van der Waals surface area contributed by atoms with Gasteiger partial charge in [0.05, 0.1) is 12.1 Å². The first kappa shape index (κ1) is 25.3. The third kappa shape index (κ3) is 6.06. The summed E-state index contributed by atoms with van der Waals surface area (Å²) in [6.07, 6.45) is 4.36. The van der Waals surface area contributed by atoms with E-state index < -0.39 is 0 Å². The Labute approximate surface area is 212 Å². The molecule has 7 heteroatoms. The van der Waals surface area contributed by atoms with Crippen LogP contribution in [0.2, 0.25) is 10.0 Å². The van der Waals surface area contributed by atoms with Crippen LogP contribution < -0.4 is 4.74 Å². The number of rotatable bonds is 7. The first-order valence-corrected chi connectivity index (χ1v) is 12.9. The maximum atomic E-state index is 12.5. The van der Waals surface area contributed by atoms with Gasteiger partial charge in [-0.25, -0.2) is 4.79 Å². The number of piperidine rings is 2. The number of hydrogen-bond donors (Lipinski definition) is 0. The highest BCUT2D eigenvalue weighted by Gasteiger charge is 2.32. The molecule has 0 N–H and O–H groups in total. The molecule has 0 amide bonds. The number of hydrogen-bond acceptors (Lipinski definition) is 5. The average molecular weight is 505 g/mol. The zero-order valence-electron chi connectivity index (χ0n) is 20.0. The van der Waals surface area contributed by atoms with Crippen LogP contribution in [0.25, 0.3) is 0 Å². The van der Waals surface area contributed by atoms with Crippen LogP contribution in [0.15, 0.2) is 42.5 Å². The van der Waals surface area contributed by atoms with E-state index in [1.807, 2.05) is 49.4 Å². The second-order valence-electron chi connectivity index (χ2n) is 9.42. The highest BCUT2D eigenvalue weighted by molar-refractivity contribution is 6.36. The van der Waals surface area contributed by atoms with Crippen molar-refractivity contribution in [3.8, 4) is 5.75 Å². The average Bonchev–Trinajstić information content (AvgIpc) is 2.87. The van der Waals surface area contributed by atoms with Gasteiger partial charge in [0.1, 0.15) is 17.9 Å². The van der Waals surface area contributed by atoms with Gasteiger partial charge in [-0.05, 0) is 74.9 Å². The minimum atomic E-state index is -0.316. The number of nitrogens with zero attached hydrogens (tertiary/aromatic N) is 2. The SMILES string of the molecule is COC(=O)C(c1ccccc1)N1CCC(CN2CCC(Oc3ccc(Cl)c(C)c3Cl)CC2)CC1. The molecule has 1 unspecified atom stereocenters. The molecular formula is C27H34Cl2N2O3. The Morgan fingerprint density at radius 2 is 1.68 bits per heavy atom. The summed E-state index contributed by atoms with van der Waals surface area (Å²) in [6.45, 7) is 6.91. The summed E-state index contributed by atoms with van der Waals surface area (Å²) >= 11 is 12.6. The molecule has 0 bridgehead atoms. The number of carbonyl (C=O) groups is 1. The van der Waals surface area contributed by atoms with E-state index in [9.17, 15) is 4.79 Å². The van der Waals surface area contributed by atoms with E-state index in [4.69, 9.17) is 32.7 Å². The molecule has 184 valence electrons. The molecule has 34 heavy (non-hydrogen) atoms. The molecular weight excluding hydrogens is 471 g/mol. The lowest BCUT2D eigenvalue weighted by molar-refractivity contribution is -0.148. The Morgan fingerprint density at radius 3 is 2.32 bits per heavy atom. The highest BCUT2D eigenvalue weighted by Crippen LogP contribution is 2.34. The van der Waals surface area contributed by atoms with Crippen LogP contribution in [0.4, 0.5) is 0 Å². The second-order valence-corrected chi connectivity index (χ2v) is 10.2. The summed E-state index contributed by atoms with van der Waals surface area (Å²) in [7, 11) is 1.47. The van der Waals surface area contributed by atoms with Crippen molar-refractivity contribution in [3.05, 3.63) is 63.6 Å². The zero-order valence-corrected chi connectivity index (χ0v) is 21.5. The Morgan fingerprint density at radius 1 is 1.00 bits per heavy atom. The number of ether oxygens (including phenoxy) is 2. The fraction of sp³-hybridized carbons (Fsp3) is 0.519. The maximum absolute atomic E-state index is 12.5. The summed E-state index contributed by atoms with van der Waals surface area (Å²) in [4.78, 5) is 17.4. The minimum absolute atomic E-state index is 0.178. The maximum Gasteiger partial charge on any atom is 0.327 e. The predicted molar refractivity (Wildman–Crippen MR) is 137 cm³/mol. The fourth-order valence-electron chi connectivity index (χ4n) is 5.12. The van der Waals surface area contributed by atoms with Gasteiger partial charge < -0.3 is 14.4 Å². The number of methoxy groups -OCH3 is 1. The van der Waals surface area contributed by atoms with Crippen LogP contribution in [-0.2, 0) is 9.53 Å². The van der Waals surface area contributed by atoms with E-state index >= 15 is 0 Å². The summed E-state index contributed by atoms with van der Waals surface area (Å²) < 4.78 is 11.3. The van der Waals surface area contributed by atoms with Gasteiger partial charge in [0.25, 0.3) is 0 Å². The third-order valence-corrected chi connectivity index (χ3v) is 8.06. The fourth-order valence-corrected chi connectivity index (χ4v) is 5.53. The molecule has 2 fully saturated rings. The summed E-state index contributed by atoms with van der Waals surface area (Å²) in [5.41, 5.74) is 1.87. The normalized spacial score (nSPS) is 19.6. The molecule has 0 spiro atoms. The molecule has 4 rings (SSSR count). The lowest BCUT2D eigenvalue weighted by atomic mass is 9.93. The lowest BCUT2D eigenvalue weighted by Gasteiger charge is -2.39. The minimum Gasteiger partial charge on any atom is -0.489 e. The van der Waals surface area contributed by atoms with Gasteiger partial charge in [0.2, 0.25) is 0 Å². The molecule has 2 aromatic rings. The Hall–Kier alpha value is -1.79. The molecule has 2 aromatic carbocycles. The van der Waals surface area contributed by atoms with E-state index in [2.05, 4.69) is 9.80 Å². The molecule has 0 saturated carbocycles. The molecule has 0 aromatic heterocycles. The quantitative estimate of drug-likeness (QED) is 0.447. The van der Waals surface area contributed by atoms with Gasteiger partial charge in [0, 0.05) is 24.7 Å². The largest absolute Gasteiger partial charge is 0.489 e. The van der Waals surface area contributed by atoms with Gasteiger partial charge >= 0.3 is 5.97 Å². The topological polar surface area (TPSA) is 42.0 Å². The molecule has 2 aliphatic rings. The number of likely N-dealkylation sites (tertiary alicyclic amines) is 2. The van der Waals surface area contributed by atoms with Crippen LogP contribution >= 0.6 is 23.2 Å². The summed E-state index contributed by atoms with van der Waals surface area (Å²) in [6, 6.07) is 13.4. The Bertz CT molecular complexity index is 956. The smallest absolute Gasteiger partial charge is 0.327 e. The van der Waals surface area contributed by atoms with Crippen LogP contribution in [-0.4, -0.2) is 61.7 Å². The molecule has 2 saturated heterocycles. The number of benzene rings is 2. The molecule has 5 nitrogen and oxygen atoms in total. The summed E-state index contributed by atoms with van der Waals surface area (Å²) in [5.74, 6) is 1.20. The van der Waals surface area contributed by atoms with E-state index in [-0.39, 0.29) is 18.1 Å². The number of esters is 1. The van der Waals surface area contributed by atoms with Crippen molar-refractivity contribution in [3.63, 3.8) is 0 Å². The molecule has 0 radical (unpaired) electrons. The van der Waals surface area contributed by atoms with E-state index in [1.165, 1.54) is 7.11 Å². The first-order chi connectivity index (χ1) is 16.5. The van der Waals surface area contributed by atoms with Gasteiger partial charge in [-0.15, -0.1) is 0 Å². The third-order valence-electron chi connectivity index (χ3n) is 7.18. The van der Waals surface area contributed by atoms with Crippen molar-refractivity contribution in [1.82, 2.24) is 9.80 Å². The number of halogens is 2. The number of carbonyl (C=O) groups excluding carboxylic acids is 1. The first-order valence-electron chi connectivity index (χ1n) is 12.2. The van der Waals surface area contributed by atoms with Crippen molar-refractivity contribution in [1.29, 1.82) is 0 Å². The lowest BCUT2D eigenvalue weighted by Crippen LogP contribution is -2.45. The molecule has 2 heterocycles. The molecule has 2 aliphatic heterocycles. The van der Waals surface area contributed by atoms with Gasteiger partial charge in [-0.1, -0.05) is 53.5 Å². The van der Waals surface area contributed by atoms with Gasteiger partial charge in [-0.2, -0.15) is 0 Å². The van der Waals surface area contributed by atoms with Crippen LogP contribution in [0, 0.1) is 12.8 Å². The van der Waals surface area contributed by atoms with E-state index in [0.717, 1.165) is 75.3 Å². The van der Waals surface area contributed by atoms with Crippen LogP contribution in [0.3, 0.4) is 0 Å². The predicted octanol–water partition coefficient (Wildman–Crippen LogP) is 5.77. The Kier molecular flexibility index (Phi) is 8.75. The summed E-state index contributed by atoms with van der Waals surface area (Å²) in [5, 5.41) is 1.28. The standard InChI is InChI=1S/C27H34Cl2N2O3/c1-19-23(28)8-9-24(25(19)29)34-22-12-14-30(15-13-22)18-20-10-16-31(17-11-20)26(27(32)33-2)21-6-4-3-5-7-21/h3-9,20,22,26H,10-18H2,1-2H3. The van der Waals surface area contributed by atoms with Crippen molar-refractivity contribution in [2.45, 2.75) is 44.8 Å². The Balaban J connectivity index is 1.24. The second kappa shape index (κ2) is 11.8. The van der Waals surface area contributed by atoms with Gasteiger partial charge in [0.15, 0.2) is 0 Å². The van der Waals surface area contributed by atoms with Crippen molar-refractivity contribution in [2.75, 3.05) is 39.8 Å². The zero-order chi connectivity index (χ0) is 24.1. The van der Waals surface area contributed by atoms with Crippen LogP contribution in [0.5, 0.6) is 5.75 Å². The van der Waals surface area contributed by atoms with Crippen molar-refractivity contribution >= 4 is 29.2 Å². The monoisotopic (exact) mass is 504 g/mol. The van der Waals surface area contributed by atoms with E-state index in [1.54, 1.807) is 0 Å². The molecule has 1 atom stereocenters. The van der Waals surface area contributed by atoms with Crippen molar-refractivity contribution in [2.24, 2.45) is 5.92 Å². The van der Waals surface area contributed by atoms with Crippen molar-refractivity contribution < 1.29 is 14.3 Å². The van der Waals surface area contributed by atoms with Gasteiger partial charge in [-0.3, -0.25) is 4.90 Å². The highest BCUT2D eigenvalue weighted by atomic mass is 35.5. The molecule has 0 aliphatic carbocycles. The van der Waals surface area contributed by atoms with E-state index in [0.29, 0.717) is 16.0 Å². The van der Waals surface area contributed by atoms with Crippen LogP contribution in [0.1, 0.15) is 42.9 Å².